The third-order valence-electron chi connectivity index (χ3n) is 2.33. The van der Waals surface area contributed by atoms with Crippen LogP contribution in [0.4, 0.5) is 14.5 Å². The number of hydrogen-bond acceptors (Lipinski definition) is 3. The van der Waals surface area contributed by atoms with E-state index in [0.717, 1.165) is 12.3 Å². The highest BCUT2D eigenvalue weighted by Gasteiger charge is 2.22. The molecule has 2 aromatic rings. The van der Waals surface area contributed by atoms with Crippen molar-refractivity contribution in [3.05, 3.63) is 44.6 Å². The summed E-state index contributed by atoms with van der Waals surface area (Å²) in [6.45, 7) is 1.34. The van der Waals surface area contributed by atoms with Gasteiger partial charge in [0.2, 0.25) is 0 Å². The van der Waals surface area contributed by atoms with Crippen molar-refractivity contribution < 1.29 is 13.7 Å². The van der Waals surface area contributed by atoms with Crippen molar-refractivity contribution >= 4 is 28.2 Å². The van der Waals surface area contributed by atoms with Crippen molar-refractivity contribution in [1.29, 1.82) is 0 Å². The Kier molecular flexibility index (Phi) is 2.66. The quantitative estimate of drug-likeness (QED) is 0.582. The van der Waals surface area contributed by atoms with Crippen LogP contribution in [-0.4, -0.2) is 9.91 Å². The molecule has 0 aliphatic carbocycles. The summed E-state index contributed by atoms with van der Waals surface area (Å²) in [6, 6.07) is 0.965. The van der Waals surface area contributed by atoms with Gasteiger partial charge in [0.1, 0.15) is 28.4 Å². The van der Waals surface area contributed by atoms with Crippen LogP contribution in [0.5, 0.6) is 0 Å². The molecule has 0 aliphatic rings. The Morgan fingerprint density at radius 3 is 2.71 bits per heavy atom. The Labute approximate surface area is 99.0 Å². The van der Waals surface area contributed by atoms with Crippen LogP contribution < -0.4 is 0 Å². The second kappa shape index (κ2) is 3.89. The summed E-state index contributed by atoms with van der Waals surface area (Å²) in [7, 11) is 0. The molecule has 0 saturated heterocycles. The van der Waals surface area contributed by atoms with Gasteiger partial charge in [0.15, 0.2) is 0 Å². The van der Waals surface area contributed by atoms with Crippen LogP contribution in [0.15, 0.2) is 12.3 Å². The van der Waals surface area contributed by atoms with Crippen molar-refractivity contribution in [2.75, 3.05) is 0 Å². The van der Waals surface area contributed by atoms with E-state index in [-0.39, 0.29) is 16.5 Å². The first-order chi connectivity index (χ1) is 7.93. The first kappa shape index (κ1) is 11.7. The standard InChI is InChI=1S/C10H5ClF2N2O2/c1-4-2-5(12)10-7(9(4)13)8(11)6(3-14-10)15(16)17/h2-3H,1H3. The van der Waals surface area contributed by atoms with Crippen LogP contribution in [-0.2, 0) is 0 Å². The summed E-state index contributed by atoms with van der Waals surface area (Å²) in [6.07, 6.45) is 0.808. The number of halogens is 3. The molecule has 4 nitrogen and oxygen atoms in total. The van der Waals surface area contributed by atoms with Gasteiger partial charge in [0.05, 0.1) is 10.3 Å². The molecule has 0 aliphatic heterocycles. The third-order valence-corrected chi connectivity index (χ3v) is 2.71. The van der Waals surface area contributed by atoms with E-state index >= 15 is 0 Å². The molecule has 0 N–H and O–H groups in total. The molecule has 1 heterocycles. The summed E-state index contributed by atoms with van der Waals surface area (Å²) in [4.78, 5) is 13.3. The Bertz CT molecular complexity index is 646. The van der Waals surface area contributed by atoms with Crippen LogP contribution in [0.2, 0.25) is 5.02 Å². The molecule has 0 spiro atoms. The zero-order valence-electron chi connectivity index (χ0n) is 8.50. The van der Waals surface area contributed by atoms with Gasteiger partial charge in [-0.3, -0.25) is 10.1 Å². The molecule has 2 rings (SSSR count). The van der Waals surface area contributed by atoms with Gasteiger partial charge >= 0.3 is 5.69 Å². The normalized spacial score (nSPS) is 10.8. The monoisotopic (exact) mass is 258 g/mol. The molecular formula is C10H5ClF2N2O2. The van der Waals surface area contributed by atoms with E-state index in [2.05, 4.69) is 4.98 Å². The average Bonchev–Trinajstić information content (AvgIpc) is 2.25. The highest BCUT2D eigenvalue weighted by molar-refractivity contribution is 6.37. The summed E-state index contributed by atoms with van der Waals surface area (Å²) in [5, 5.41) is 9.80. The lowest BCUT2D eigenvalue weighted by Crippen LogP contribution is -1.97. The van der Waals surface area contributed by atoms with Crippen molar-refractivity contribution in [2.24, 2.45) is 0 Å². The Morgan fingerprint density at radius 2 is 2.12 bits per heavy atom. The highest BCUT2D eigenvalue weighted by Crippen LogP contribution is 2.34. The van der Waals surface area contributed by atoms with Gasteiger partial charge in [-0.15, -0.1) is 0 Å². The van der Waals surface area contributed by atoms with Gasteiger partial charge in [0, 0.05) is 0 Å². The summed E-state index contributed by atoms with van der Waals surface area (Å²) < 4.78 is 27.3. The molecular weight excluding hydrogens is 254 g/mol. The van der Waals surface area contributed by atoms with Crippen LogP contribution in [0.3, 0.4) is 0 Å². The Morgan fingerprint density at radius 1 is 1.47 bits per heavy atom. The maximum atomic E-state index is 13.8. The van der Waals surface area contributed by atoms with Gasteiger partial charge in [0.25, 0.3) is 0 Å². The minimum atomic E-state index is -0.803. The molecule has 17 heavy (non-hydrogen) atoms. The highest BCUT2D eigenvalue weighted by atomic mass is 35.5. The van der Waals surface area contributed by atoms with E-state index in [0.29, 0.717) is 0 Å². The maximum Gasteiger partial charge on any atom is 0.306 e. The predicted molar refractivity (Wildman–Crippen MR) is 58.1 cm³/mol. The molecule has 0 fully saturated rings. The fourth-order valence-corrected chi connectivity index (χ4v) is 1.80. The zero-order chi connectivity index (χ0) is 12.7. The van der Waals surface area contributed by atoms with E-state index in [9.17, 15) is 18.9 Å². The molecule has 88 valence electrons. The van der Waals surface area contributed by atoms with Crippen LogP contribution >= 0.6 is 11.6 Å². The smallest absolute Gasteiger partial charge is 0.258 e. The zero-order valence-corrected chi connectivity index (χ0v) is 9.26. The summed E-state index contributed by atoms with van der Waals surface area (Å²) in [5.41, 5.74) is -0.856. The molecule has 0 bridgehead atoms. The predicted octanol–water partition coefficient (Wildman–Crippen LogP) is 3.38. The number of fused-ring (bicyclic) bond motifs is 1. The van der Waals surface area contributed by atoms with Gasteiger partial charge in [-0.2, -0.15) is 0 Å². The summed E-state index contributed by atoms with van der Waals surface area (Å²) >= 11 is 5.70. The molecule has 0 saturated carbocycles. The second-order valence-electron chi connectivity index (χ2n) is 3.43. The Hall–Kier alpha value is -1.82. The molecule has 1 aromatic carbocycles. The number of benzene rings is 1. The molecule has 0 atom stereocenters. The first-order valence-corrected chi connectivity index (χ1v) is 4.88. The molecule has 1 aromatic heterocycles. The molecule has 7 heteroatoms. The molecule has 0 amide bonds. The number of nitro groups is 1. The SMILES string of the molecule is Cc1cc(F)c2ncc([N+](=O)[O-])c(Cl)c2c1F. The lowest BCUT2D eigenvalue weighted by Gasteiger charge is -2.05. The number of aryl methyl sites for hydroxylation is 1. The summed E-state index contributed by atoms with van der Waals surface area (Å²) in [5.74, 6) is -1.57. The number of nitrogens with zero attached hydrogens (tertiary/aromatic N) is 2. The van der Waals surface area contributed by atoms with Crippen molar-refractivity contribution in [2.45, 2.75) is 6.92 Å². The topological polar surface area (TPSA) is 56.0 Å². The van der Waals surface area contributed by atoms with Crippen molar-refractivity contribution in [3.8, 4) is 0 Å². The fourth-order valence-electron chi connectivity index (χ4n) is 1.51. The maximum absolute atomic E-state index is 13.8. The average molecular weight is 259 g/mol. The largest absolute Gasteiger partial charge is 0.306 e. The fraction of sp³-hybridized carbons (Fsp3) is 0.100. The third kappa shape index (κ3) is 1.70. The van der Waals surface area contributed by atoms with E-state index in [1.54, 1.807) is 0 Å². The van der Waals surface area contributed by atoms with Gasteiger partial charge in [-0.1, -0.05) is 11.6 Å². The lowest BCUT2D eigenvalue weighted by atomic mass is 10.1. The number of aromatic nitrogens is 1. The van der Waals surface area contributed by atoms with Gasteiger partial charge < -0.3 is 0 Å². The number of rotatable bonds is 1. The minimum absolute atomic E-state index is 0.0131. The second-order valence-corrected chi connectivity index (χ2v) is 3.81. The molecule has 0 unspecified atom stereocenters. The molecule has 0 radical (unpaired) electrons. The van der Waals surface area contributed by atoms with Gasteiger partial charge in [-0.05, 0) is 18.6 Å². The van der Waals surface area contributed by atoms with E-state index in [1.807, 2.05) is 0 Å². The van der Waals surface area contributed by atoms with E-state index < -0.39 is 27.3 Å². The minimum Gasteiger partial charge on any atom is -0.258 e. The van der Waals surface area contributed by atoms with E-state index in [4.69, 9.17) is 11.6 Å². The van der Waals surface area contributed by atoms with Crippen LogP contribution in [0, 0.1) is 28.7 Å². The van der Waals surface area contributed by atoms with Crippen LogP contribution in [0.25, 0.3) is 10.9 Å². The number of hydrogen-bond donors (Lipinski definition) is 0. The lowest BCUT2D eigenvalue weighted by molar-refractivity contribution is -0.384. The van der Waals surface area contributed by atoms with Gasteiger partial charge in [-0.25, -0.2) is 13.8 Å². The Balaban J connectivity index is 2.98. The van der Waals surface area contributed by atoms with Crippen LogP contribution in [0.1, 0.15) is 5.56 Å². The van der Waals surface area contributed by atoms with Crippen molar-refractivity contribution in [3.63, 3.8) is 0 Å². The van der Waals surface area contributed by atoms with Crippen molar-refractivity contribution in [1.82, 2.24) is 4.98 Å². The van der Waals surface area contributed by atoms with E-state index in [1.165, 1.54) is 6.92 Å². The number of pyridine rings is 1. The first-order valence-electron chi connectivity index (χ1n) is 4.50.